The minimum absolute atomic E-state index is 0.0289. The van der Waals surface area contributed by atoms with Gasteiger partial charge in [0, 0.05) is 0 Å². The summed E-state index contributed by atoms with van der Waals surface area (Å²) >= 11 is 0. The van der Waals surface area contributed by atoms with E-state index in [9.17, 15) is 27.9 Å². The van der Waals surface area contributed by atoms with E-state index in [1.54, 1.807) is 6.92 Å². The Morgan fingerprint density at radius 3 is 2.58 bits per heavy atom. The van der Waals surface area contributed by atoms with Crippen molar-refractivity contribution in [2.45, 2.75) is 32.0 Å². The summed E-state index contributed by atoms with van der Waals surface area (Å²) in [5.74, 6) is -2.53. The van der Waals surface area contributed by atoms with E-state index in [0.29, 0.717) is 12.5 Å². The molecule has 0 fully saturated rings. The molecule has 0 radical (unpaired) electrons. The SMILES string of the molecule is CCCOC(=O)[C@@](C)(O)C(=O)Nc1cnc(C#N)c(C(F)(F)F)c1. The normalized spacial score (nSPS) is 13.5. The molecule has 0 aliphatic heterocycles. The summed E-state index contributed by atoms with van der Waals surface area (Å²) in [5, 5.41) is 20.5. The van der Waals surface area contributed by atoms with Crippen LogP contribution in [-0.4, -0.2) is 34.2 Å². The van der Waals surface area contributed by atoms with Gasteiger partial charge in [0.25, 0.3) is 5.91 Å². The molecule has 0 aliphatic rings. The third kappa shape index (κ3) is 4.42. The van der Waals surface area contributed by atoms with Gasteiger partial charge in [0.05, 0.1) is 24.1 Å². The van der Waals surface area contributed by atoms with E-state index >= 15 is 0 Å². The Labute approximate surface area is 135 Å². The van der Waals surface area contributed by atoms with Gasteiger partial charge in [0.2, 0.25) is 5.60 Å². The minimum Gasteiger partial charge on any atom is -0.463 e. The van der Waals surface area contributed by atoms with Crippen LogP contribution in [0.15, 0.2) is 12.3 Å². The lowest BCUT2D eigenvalue weighted by atomic mass is 10.1. The van der Waals surface area contributed by atoms with Crippen molar-refractivity contribution in [3.05, 3.63) is 23.5 Å². The zero-order chi connectivity index (χ0) is 18.5. The van der Waals surface area contributed by atoms with Crippen molar-refractivity contribution in [3.8, 4) is 6.07 Å². The van der Waals surface area contributed by atoms with Gasteiger partial charge in [-0.2, -0.15) is 18.4 Å². The van der Waals surface area contributed by atoms with E-state index in [-0.39, 0.29) is 6.61 Å². The molecule has 24 heavy (non-hydrogen) atoms. The number of nitriles is 1. The molecule has 1 amide bonds. The number of rotatable bonds is 5. The van der Waals surface area contributed by atoms with Gasteiger partial charge in [0.15, 0.2) is 5.69 Å². The molecule has 0 aromatic carbocycles. The van der Waals surface area contributed by atoms with Crippen LogP contribution >= 0.6 is 0 Å². The van der Waals surface area contributed by atoms with Gasteiger partial charge >= 0.3 is 12.1 Å². The number of carbonyl (C=O) groups excluding carboxylic acids is 2. The number of nitrogens with zero attached hydrogens (tertiary/aromatic N) is 2. The van der Waals surface area contributed by atoms with Crippen LogP contribution in [0.3, 0.4) is 0 Å². The van der Waals surface area contributed by atoms with Gasteiger partial charge < -0.3 is 15.2 Å². The molecule has 0 spiro atoms. The van der Waals surface area contributed by atoms with E-state index in [1.807, 2.05) is 5.32 Å². The quantitative estimate of drug-likeness (QED) is 0.619. The lowest BCUT2D eigenvalue weighted by molar-refractivity contribution is -0.167. The Morgan fingerprint density at radius 2 is 2.08 bits per heavy atom. The Morgan fingerprint density at radius 1 is 1.46 bits per heavy atom. The Kier molecular flexibility index (Phi) is 5.87. The van der Waals surface area contributed by atoms with Crippen LogP contribution in [0.25, 0.3) is 0 Å². The van der Waals surface area contributed by atoms with Crippen molar-refractivity contribution in [1.82, 2.24) is 4.98 Å². The zero-order valence-corrected chi connectivity index (χ0v) is 12.8. The number of pyridine rings is 1. The third-order valence-electron chi connectivity index (χ3n) is 2.83. The summed E-state index contributed by atoms with van der Waals surface area (Å²) in [6.07, 6.45) is -3.60. The summed E-state index contributed by atoms with van der Waals surface area (Å²) in [4.78, 5) is 26.8. The van der Waals surface area contributed by atoms with Crippen LogP contribution < -0.4 is 5.32 Å². The van der Waals surface area contributed by atoms with Crippen LogP contribution in [-0.2, 0) is 20.5 Å². The fraction of sp³-hybridized carbons (Fsp3) is 0.429. The van der Waals surface area contributed by atoms with Crippen LogP contribution in [0, 0.1) is 11.3 Å². The summed E-state index contributed by atoms with van der Waals surface area (Å²) in [5.41, 5.74) is -5.25. The maximum absolute atomic E-state index is 12.8. The van der Waals surface area contributed by atoms with Crippen molar-refractivity contribution in [1.29, 1.82) is 5.26 Å². The molecule has 2 N–H and O–H groups in total. The highest BCUT2D eigenvalue weighted by atomic mass is 19.4. The number of halogens is 3. The van der Waals surface area contributed by atoms with Crippen LogP contribution in [0.1, 0.15) is 31.5 Å². The number of nitrogens with one attached hydrogen (secondary N) is 1. The van der Waals surface area contributed by atoms with E-state index in [0.717, 1.165) is 13.1 Å². The van der Waals surface area contributed by atoms with Gasteiger partial charge in [-0.15, -0.1) is 0 Å². The predicted octanol–water partition coefficient (Wildman–Crippen LogP) is 1.61. The monoisotopic (exact) mass is 345 g/mol. The number of esters is 1. The fourth-order valence-electron chi connectivity index (χ4n) is 1.52. The molecule has 1 rings (SSSR count). The van der Waals surface area contributed by atoms with Crippen molar-refractivity contribution in [3.63, 3.8) is 0 Å². The molecule has 1 aromatic rings. The third-order valence-corrected chi connectivity index (χ3v) is 2.83. The topological polar surface area (TPSA) is 112 Å². The van der Waals surface area contributed by atoms with Crippen molar-refractivity contribution >= 4 is 17.6 Å². The van der Waals surface area contributed by atoms with E-state index in [4.69, 9.17) is 5.26 Å². The summed E-state index contributed by atoms with van der Waals surface area (Å²) < 4.78 is 43.1. The molecular formula is C14H14F3N3O4. The molecule has 0 aliphatic carbocycles. The maximum atomic E-state index is 12.8. The molecule has 1 heterocycles. The highest BCUT2D eigenvalue weighted by Crippen LogP contribution is 2.32. The van der Waals surface area contributed by atoms with Crippen LogP contribution in [0.5, 0.6) is 0 Å². The first-order valence-electron chi connectivity index (χ1n) is 6.72. The average Bonchev–Trinajstić information content (AvgIpc) is 2.51. The Bertz CT molecular complexity index is 681. The average molecular weight is 345 g/mol. The summed E-state index contributed by atoms with van der Waals surface area (Å²) in [6.45, 7) is 2.52. The van der Waals surface area contributed by atoms with Crippen molar-refractivity contribution in [2.24, 2.45) is 0 Å². The summed E-state index contributed by atoms with van der Waals surface area (Å²) in [6, 6.07) is 1.77. The van der Waals surface area contributed by atoms with Crippen molar-refractivity contribution < 1.29 is 32.6 Å². The van der Waals surface area contributed by atoms with Gasteiger partial charge in [-0.05, 0) is 19.4 Å². The number of hydrogen-bond acceptors (Lipinski definition) is 6. The van der Waals surface area contributed by atoms with Crippen molar-refractivity contribution in [2.75, 3.05) is 11.9 Å². The highest BCUT2D eigenvalue weighted by molar-refractivity contribution is 6.11. The Hall–Kier alpha value is -2.67. The first-order chi connectivity index (χ1) is 11.0. The van der Waals surface area contributed by atoms with Crippen LogP contribution in [0.2, 0.25) is 0 Å². The molecule has 7 nitrogen and oxygen atoms in total. The number of anilines is 1. The number of hydrogen-bond donors (Lipinski definition) is 2. The molecular weight excluding hydrogens is 331 g/mol. The second kappa shape index (κ2) is 7.27. The first-order valence-corrected chi connectivity index (χ1v) is 6.72. The number of carbonyl (C=O) groups is 2. The molecule has 0 saturated carbocycles. The Balaban J connectivity index is 3.03. The molecule has 1 aromatic heterocycles. The first kappa shape index (κ1) is 19.4. The summed E-state index contributed by atoms with van der Waals surface area (Å²) in [7, 11) is 0. The largest absolute Gasteiger partial charge is 0.463 e. The second-order valence-corrected chi connectivity index (χ2v) is 4.89. The molecule has 0 unspecified atom stereocenters. The standard InChI is InChI=1S/C14H14F3N3O4/c1-3-4-24-12(22)13(2,23)11(21)20-8-5-9(14(15,16)17)10(6-18)19-7-8/h5,7,23H,3-4H2,1-2H3,(H,20,21)/t13-/m0/s1. The molecule has 10 heteroatoms. The van der Waals surface area contributed by atoms with Gasteiger partial charge in [0.1, 0.15) is 6.07 Å². The predicted molar refractivity (Wildman–Crippen MR) is 74.5 cm³/mol. The number of ether oxygens (including phenoxy) is 1. The number of amides is 1. The molecule has 130 valence electrons. The van der Waals surface area contributed by atoms with E-state index in [2.05, 4.69) is 9.72 Å². The number of aliphatic hydroxyl groups is 1. The lowest BCUT2D eigenvalue weighted by Crippen LogP contribution is -2.48. The lowest BCUT2D eigenvalue weighted by Gasteiger charge is -2.20. The van der Waals surface area contributed by atoms with Gasteiger partial charge in [-0.3, -0.25) is 4.79 Å². The fourth-order valence-corrected chi connectivity index (χ4v) is 1.52. The minimum atomic E-state index is -4.86. The zero-order valence-electron chi connectivity index (χ0n) is 12.8. The molecule has 1 atom stereocenters. The van der Waals surface area contributed by atoms with Gasteiger partial charge in [-0.1, -0.05) is 6.92 Å². The number of alkyl halides is 3. The van der Waals surface area contributed by atoms with Crippen LogP contribution in [0.4, 0.5) is 18.9 Å². The maximum Gasteiger partial charge on any atom is 0.419 e. The number of aromatic nitrogens is 1. The molecule has 0 saturated heterocycles. The van der Waals surface area contributed by atoms with Gasteiger partial charge in [-0.25, -0.2) is 9.78 Å². The smallest absolute Gasteiger partial charge is 0.419 e. The van der Waals surface area contributed by atoms with E-state index in [1.165, 1.54) is 6.07 Å². The molecule has 0 bridgehead atoms. The highest BCUT2D eigenvalue weighted by Gasteiger charge is 2.41. The second-order valence-electron chi connectivity index (χ2n) is 4.89. The van der Waals surface area contributed by atoms with E-state index < -0.39 is 40.6 Å².